The van der Waals surface area contributed by atoms with Crippen molar-refractivity contribution in [2.24, 2.45) is 0 Å². The topological polar surface area (TPSA) is 27.1 Å². The van der Waals surface area contributed by atoms with Crippen LogP contribution in [0.1, 0.15) is 25.0 Å². The lowest BCUT2D eigenvalue weighted by Crippen LogP contribution is -2.06. The van der Waals surface area contributed by atoms with Gasteiger partial charge in [0.25, 0.3) is 0 Å². The number of aromatic nitrogens is 2. The van der Waals surface area contributed by atoms with Gasteiger partial charge in [-0.15, -0.1) is 0 Å². The average Bonchev–Trinajstić information content (AvgIpc) is 3.10. The standard InChI is InChI=1S/C22H19FN2O/c1-2-22(16-6-4-3-5-7-16)26-20-12-13-21-17(14-20)15-24-25(21)19-10-8-18(23)9-11-19/h3-15,22H,2H2,1H3/t22-/m0/s1. The Morgan fingerprint density at radius 1 is 1.00 bits per heavy atom. The van der Waals surface area contributed by atoms with E-state index in [1.807, 2.05) is 36.4 Å². The predicted octanol–water partition coefficient (Wildman–Crippen LogP) is 5.69. The fourth-order valence-corrected chi connectivity index (χ4v) is 3.09. The molecule has 1 atom stereocenters. The second-order valence-electron chi connectivity index (χ2n) is 6.18. The molecule has 4 aromatic rings. The molecule has 0 radical (unpaired) electrons. The Kier molecular flexibility index (Phi) is 4.40. The first kappa shape index (κ1) is 16.3. The quantitative estimate of drug-likeness (QED) is 0.464. The largest absolute Gasteiger partial charge is 0.486 e. The van der Waals surface area contributed by atoms with Crippen molar-refractivity contribution < 1.29 is 9.13 Å². The number of hydrogen-bond donors (Lipinski definition) is 0. The highest BCUT2D eigenvalue weighted by Crippen LogP contribution is 2.28. The van der Waals surface area contributed by atoms with E-state index in [1.165, 1.54) is 12.1 Å². The first-order valence-electron chi connectivity index (χ1n) is 8.70. The molecule has 4 heteroatoms. The number of nitrogens with zero attached hydrogens (tertiary/aromatic N) is 2. The van der Waals surface area contributed by atoms with Crippen molar-refractivity contribution in [3.8, 4) is 11.4 Å². The Balaban J connectivity index is 1.63. The highest BCUT2D eigenvalue weighted by molar-refractivity contribution is 5.81. The van der Waals surface area contributed by atoms with Crippen LogP contribution in [-0.2, 0) is 0 Å². The molecule has 0 unspecified atom stereocenters. The van der Waals surface area contributed by atoms with Gasteiger partial charge in [0.2, 0.25) is 0 Å². The second kappa shape index (κ2) is 7.00. The minimum atomic E-state index is -0.257. The number of halogens is 1. The fourth-order valence-electron chi connectivity index (χ4n) is 3.09. The van der Waals surface area contributed by atoms with Crippen LogP contribution in [0.2, 0.25) is 0 Å². The van der Waals surface area contributed by atoms with Gasteiger partial charge in [-0.05, 0) is 54.4 Å². The number of hydrogen-bond acceptors (Lipinski definition) is 2. The monoisotopic (exact) mass is 346 g/mol. The number of fused-ring (bicyclic) bond motifs is 1. The minimum absolute atomic E-state index is 0.0146. The molecule has 26 heavy (non-hydrogen) atoms. The van der Waals surface area contributed by atoms with Crippen LogP contribution < -0.4 is 4.74 Å². The van der Waals surface area contributed by atoms with E-state index in [1.54, 1.807) is 23.0 Å². The van der Waals surface area contributed by atoms with E-state index >= 15 is 0 Å². The van der Waals surface area contributed by atoms with Crippen molar-refractivity contribution in [3.05, 3.63) is 90.4 Å². The van der Waals surface area contributed by atoms with Gasteiger partial charge in [0.15, 0.2) is 0 Å². The summed E-state index contributed by atoms with van der Waals surface area (Å²) in [7, 11) is 0. The van der Waals surface area contributed by atoms with Crippen molar-refractivity contribution in [1.82, 2.24) is 9.78 Å². The van der Waals surface area contributed by atoms with Gasteiger partial charge in [0.05, 0.1) is 17.4 Å². The van der Waals surface area contributed by atoms with E-state index in [-0.39, 0.29) is 11.9 Å². The van der Waals surface area contributed by atoms with Crippen LogP contribution in [0, 0.1) is 5.82 Å². The Bertz CT molecular complexity index is 1010. The van der Waals surface area contributed by atoms with Crippen molar-refractivity contribution in [2.45, 2.75) is 19.4 Å². The maximum atomic E-state index is 13.1. The molecule has 3 aromatic carbocycles. The summed E-state index contributed by atoms with van der Waals surface area (Å²) in [4.78, 5) is 0. The molecular weight excluding hydrogens is 327 g/mol. The maximum absolute atomic E-state index is 13.1. The normalized spacial score (nSPS) is 12.2. The van der Waals surface area contributed by atoms with Crippen molar-refractivity contribution in [1.29, 1.82) is 0 Å². The molecule has 130 valence electrons. The van der Waals surface area contributed by atoms with Gasteiger partial charge in [-0.2, -0.15) is 5.10 Å². The fraction of sp³-hybridized carbons (Fsp3) is 0.136. The van der Waals surface area contributed by atoms with Crippen LogP contribution in [0.5, 0.6) is 5.75 Å². The summed E-state index contributed by atoms with van der Waals surface area (Å²) in [6, 6.07) is 22.5. The van der Waals surface area contributed by atoms with E-state index < -0.39 is 0 Å². The Labute approximate surface area is 151 Å². The third kappa shape index (κ3) is 3.18. The van der Waals surface area contributed by atoms with Crippen LogP contribution in [0.15, 0.2) is 79.0 Å². The SMILES string of the molecule is CC[C@H](Oc1ccc2c(cnn2-c2ccc(F)cc2)c1)c1ccccc1. The van der Waals surface area contributed by atoms with Gasteiger partial charge >= 0.3 is 0 Å². The molecule has 0 saturated heterocycles. The predicted molar refractivity (Wildman–Crippen MR) is 101 cm³/mol. The van der Waals surface area contributed by atoms with Gasteiger partial charge in [-0.3, -0.25) is 0 Å². The summed E-state index contributed by atoms with van der Waals surface area (Å²) in [5, 5.41) is 5.41. The summed E-state index contributed by atoms with van der Waals surface area (Å²) in [5.41, 5.74) is 2.94. The van der Waals surface area contributed by atoms with E-state index in [2.05, 4.69) is 24.2 Å². The zero-order valence-electron chi connectivity index (χ0n) is 14.5. The molecule has 0 N–H and O–H groups in total. The van der Waals surface area contributed by atoms with E-state index in [0.717, 1.165) is 34.3 Å². The number of rotatable bonds is 5. The van der Waals surface area contributed by atoms with Crippen LogP contribution in [0.4, 0.5) is 4.39 Å². The molecule has 0 saturated carbocycles. The summed E-state index contributed by atoms with van der Waals surface area (Å²) in [5.74, 6) is 0.555. The summed E-state index contributed by atoms with van der Waals surface area (Å²) in [6.45, 7) is 2.11. The van der Waals surface area contributed by atoms with Crippen LogP contribution in [0.3, 0.4) is 0 Å². The molecule has 0 amide bonds. The molecule has 0 fully saturated rings. The average molecular weight is 346 g/mol. The van der Waals surface area contributed by atoms with E-state index in [0.29, 0.717) is 0 Å². The summed E-state index contributed by atoms with van der Waals surface area (Å²) in [6.07, 6.45) is 2.70. The highest BCUT2D eigenvalue weighted by Gasteiger charge is 2.12. The van der Waals surface area contributed by atoms with Gasteiger partial charge < -0.3 is 4.74 Å². The maximum Gasteiger partial charge on any atom is 0.123 e. The minimum Gasteiger partial charge on any atom is -0.486 e. The molecule has 3 nitrogen and oxygen atoms in total. The number of benzene rings is 3. The molecule has 0 spiro atoms. The Morgan fingerprint density at radius 2 is 1.77 bits per heavy atom. The van der Waals surface area contributed by atoms with E-state index in [9.17, 15) is 4.39 Å². The molecule has 0 aliphatic rings. The first-order valence-corrected chi connectivity index (χ1v) is 8.70. The van der Waals surface area contributed by atoms with Crippen LogP contribution in [0.25, 0.3) is 16.6 Å². The lowest BCUT2D eigenvalue weighted by atomic mass is 10.1. The molecule has 0 bridgehead atoms. The van der Waals surface area contributed by atoms with Crippen molar-refractivity contribution in [3.63, 3.8) is 0 Å². The molecule has 0 aliphatic carbocycles. The Hall–Kier alpha value is -3.14. The summed E-state index contributed by atoms with van der Waals surface area (Å²) < 4.78 is 21.1. The van der Waals surface area contributed by atoms with Gasteiger partial charge in [-0.25, -0.2) is 9.07 Å². The molecule has 1 aromatic heterocycles. The molecular formula is C22H19FN2O. The lowest BCUT2D eigenvalue weighted by molar-refractivity contribution is 0.201. The third-order valence-electron chi connectivity index (χ3n) is 4.43. The Morgan fingerprint density at radius 3 is 2.50 bits per heavy atom. The zero-order valence-corrected chi connectivity index (χ0v) is 14.5. The first-order chi connectivity index (χ1) is 12.7. The van der Waals surface area contributed by atoms with Gasteiger partial charge in [0, 0.05) is 5.39 Å². The second-order valence-corrected chi connectivity index (χ2v) is 6.18. The molecule has 0 aliphatic heterocycles. The highest BCUT2D eigenvalue weighted by atomic mass is 19.1. The van der Waals surface area contributed by atoms with Gasteiger partial charge in [0.1, 0.15) is 17.7 Å². The third-order valence-corrected chi connectivity index (χ3v) is 4.43. The van der Waals surface area contributed by atoms with E-state index in [4.69, 9.17) is 4.74 Å². The molecule has 4 rings (SSSR count). The van der Waals surface area contributed by atoms with Crippen LogP contribution >= 0.6 is 0 Å². The van der Waals surface area contributed by atoms with Crippen LogP contribution in [-0.4, -0.2) is 9.78 Å². The zero-order chi connectivity index (χ0) is 17.9. The van der Waals surface area contributed by atoms with Crippen molar-refractivity contribution >= 4 is 10.9 Å². The van der Waals surface area contributed by atoms with Gasteiger partial charge in [-0.1, -0.05) is 37.3 Å². The van der Waals surface area contributed by atoms with Crippen molar-refractivity contribution in [2.75, 3.05) is 0 Å². The molecule has 1 heterocycles. The smallest absolute Gasteiger partial charge is 0.123 e. The number of ether oxygens (including phenoxy) is 1. The lowest BCUT2D eigenvalue weighted by Gasteiger charge is -2.18. The summed E-state index contributed by atoms with van der Waals surface area (Å²) >= 11 is 0.